The fourth-order valence-electron chi connectivity index (χ4n) is 3.22. The lowest BCUT2D eigenvalue weighted by molar-refractivity contribution is -0.384. The van der Waals surface area contributed by atoms with Crippen LogP contribution in [0.2, 0.25) is 0 Å². The Kier molecular flexibility index (Phi) is 4.14. The summed E-state index contributed by atoms with van der Waals surface area (Å²) in [5.74, 6) is -2.06. The predicted octanol–water partition coefficient (Wildman–Crippen LogP) is 4.08. The van der Waals surface area contributed by atoms with Crippen molar-refractivity contribution in [3.63, 3.8) is 0 Å². The van der Waals surface area contributed by atoms with E-state index in [-0.39, 0.29) is 46.1 Å². The first-order valence-corrected chi connectivity index (χ1v) is 8.88. The molecular formula is C18H9F4N5O6. The summed E-state index contributed by atoms with van der Waals surface area (Å²) in [5, 5.41) is 11.6. The number of nitro groups is 1. The third kappa shape index (κ3) is 3.58. The molecule has 15 heteroatoms. The number of fused-ring (bicyclic) bond motifs is 2. The molecule has 0 amide bonds. The second-order valence-electron chi connectivity index (χ2n) is 6.63. The molecule has 3 heterocycles. The summed E-state index contributed by atoms with van der Waals surface area (Å²) in [6, 6.07) is 7.00. The van der Waals surface area contributed by atoms with Crippen LogP contribution >= 0.6 is 0 Å². The third-order valence-corrected chi connectivity index (χ3v) is 4.46. The van der Waals surface area contributed by atoms with Crippen LogP contribution in [0.1, 0.15) is 0 Å². The molecule has 0 atom stereocenters. The van der Waals surface area contributed by atoms with Gasteiger partial charge in [-0.05, 0) is 24.3 Å². The highest BCUT2D eigenvalue weighted by Gasteiger charge is 2.45. The number of halogens is 4. The fraction of sp³-hybridized carbons (Fsp3) is 0.111. The molecule has 33 heavy (non-hydrogen) atoms. The van der Waals surface area contributed by atoms with Gasteiger partial charge in [0.1, 0.15) is 6.20 Å². The van der Waals surface area contributed by atoms with Crippen molar-refractivity contribution in [1.82, 2.24) is 9.97 Å². The Hall–Kier alpha value is -4.56. The van der Waals surface area contributed by atoms with E-state index in [1.54, 1.807) is 0 Å². The maximum atomic E-state index is 13.5. The normalized spacial score (nSPS) is 16.5. The number of aromatic nitrogens is 2. The van der Waals surface area contributed by atoms with Crippen LogP contribution in [0.4, 0.5) is 46.4 Å². The molecule has 2 N–H and O–H groups in total. The molecule has 0 unspecified atom stereocenters. The Bertz CT molecular complexity index is 1240. The van der Waals surface area contributed by atoms with Gasteiger partial charge < -0.3 is 24.7 Å². The van der Waals surface area contributed by atoms with E-state index in [1.807, 2.05) is 0 Å². The van der Waals surface area contributed by atoms with Crippen LogP contribution in [0.5, 0.6) is 23.0 Å². The van der Waals surface area contributed by atoms with Gasteiger partial charge in [0.2, 0.25) is 11.8 Å². The van der Waals surface area contributed by atoms with Gasteiger partial charge in [-0.1, -0.05) is 0 Å². The van der Waals surface area contributed by atoms with Crippen LogP contribution in [-0.2, 0) is 0 Å². The van der Waals surface area contributed by atoms with Crippen LogP contribution in [0.3, 0.4) is 0 Å². The van der Waals surface area contributed by atoms with Crippen molar-refractivity contribution in [2.75, 3.05) is 10.6 Å². The summed E-state index contributed by atoms with van der Waals surface area (Å²) >= 11 is 0. The number of benzene rings is 2. The van der Waals surface area contributed by atoms with E-state index in [9.17, 15) is 27.7 Å². The summed E-state index contributed by atoms with van der Waals surface area (Å²) < 4.78 is 71.5. The average Bonchev–Trinajstić information content (AvgIpc) is 3.19. The minimum Gasteiger partial charge on any atom is -0.395 e. The van der Waals surface area contributed by atoms with Gasteiger partial charge in [-0.25, -0.2) is 4.98 Å². The highest BCUT2D eigenvalue weighted by Crippen LogP contribution is 2.49. The number of ether oxygens (including phenoxy) is 4. The number of nitrogen functional groups attached to an aromatic ring is 1. The molecule has 1 aromatic heterocycles. The maximum Gasteiger partial charge on any atom is 0.586 e. The highest BCUT2D eigenvalue weighted by molar-refractivity contribution is 5.81. The molecule has 0 fully saturated rings. The van der Waals surface area contributed by atoms with Gasteiger partial charge in [0.15, 0.2) is 23.0 Å². The van der Waals surface area contributed by atoms with E-state index >= 15 is 0 Å². The second kappa shape index (κ2) is 6.72. The van der Waals surface area contributed by atoms with Crippen molar-refractivity contribution in [3.8, 4) is 23.0 Å². The number of nitrogens with zero attached hydrogens (tertiary/aromatic N) is 4. The van der Waals surface area contributed by atoms with Crippen LogP contribution in [0.15, 0.2) is 42.6 Å². The Labute approximate surface area is 180 Å². The molecule has 3 aromatic rings. The summed E-state index contributed by atoms with van der Waals surface area (Å²) in [7, 11) is 0. The first kappa shape index (κ1) is 20.3. The minimum absolute atomic E-state index is 0.0156. The van der Waals surface area contributed by atoms with Crippen LogP contribution in [0.25, 0.3) is 0 Å². The number of nitrogens with two attached hydrogens (primary N) is 1. The smallest absolute Gasteiger partial charge is 0.395 e. The molecule has 0 spiro atoms. The van der Waals surface area contributed by atoms with Gasteiger partial charge in [-0.15, -0.1) is 17.6 Å². The standard InChI is InChI=1S/C18H9F4N5O6/c19-17(20)30-11-3-1-8(5-13(11)32-17)26(15-10(27(28)29)7-24-16(23)25-15)9-2-4-12-14(6-9)33-18(21,22)31-12/h1-7H,(H2,23,24,25). The molecule has 2 aromatic carbocycles. The molecule has 0 radical (unpaired) electrons. The Morgan fingerprint density at radius 1 is 0.879 bits per heavy atom. The first-order chi connectivity index (χ1) is 15.5. The SMILES string of the molecule is Nc1ncc([N+](=O)[O-])c(N(c2ccc3c(c2)OC(F)(F)O3)c2ccc3c(c2)OC(F)(F)O3)n1. The van der Waals surface area contributed by atoms with Crippen LogP contribution in [-0.4, -0.2) is 27.5 Å². The van der Waals surface area contributed by atoms with E-state index < -0.39 is 23.2 Å². The van der Waals surface area contributed by atoms with Crippen LogP contribution in [0, 0.1) is 10.1 Å². The average molecular weight is 467 g/mol. The lowest BCUT2D eigenvalue weighted by Gasteiger charge is -2.24. The number of rotatable bonds is 4. The van der Waals surface area contributed by atoms with E-state index in [1.165, 1.54) is 12.1 Å². The summed E-state index contributed by atoms with van der Waals surface area (Å²) in [6.07, 6.45) is -6.99. The zero-order valence-electron chi connectivity index (χ0n) is 15.9. The zero-order valence-corrected chi connectivity index (χ0v) is 15.9. The molecular weight excluding hydrogens is 458 g/mol. The Morgan fingerprint density at radius 2 is 1.36 bits per heavy atom. The Morgan fingerprint density at radius 3 is 1.85 bits per heavy atom. The molecule has 0 bridgehead atoms. The van der Waals surface area contributed by atoms with E-state index in [0.717, 1.165) is 35.4 Å². The molecule has 11 nitrogen and oxygen atoms in total. The summed E-state index contributed by atoms with van der Waals surface area (Å²) in [5.41, 5.74) is 5.03. The quantitative estimate of drug-likeness (QED) is 0.340. The van der Waals surface area contributed by atoms with Crippen molar-refractivity contribution < 1.29 is 41.4 Å². The van der Waals surface area contributed by atoms with Gasteiger partial charge >= 0.3 is 18.3 Å². The number of anilines is 4. The van der Waals surface area contributed by atoms with E-state index in [4.69, 9.17) is 5.73 Å². The number of hydrogen-bond donors (Lipinski definition) is 1. The summed E-state index contributed by atoms with van der Waals surface area (Å²) in [6.45, 7) is 0. The number of alkyl halides is 4. The largest absolute Gasteiger partial charge is 0.586 e. The maximum absolute atomic E-state index is 13.5. The van der Waals surface area contributed by atoms with Crippen LogP contribution < -0.4 is 29.6 Å². The minimum atomic E-state index is -3.92. The number of hydrogen-bond acceptors (Lipinski definition) is 10. The highest BCUT2D eigenvalue weighted by atomic mass is 19.3. The molecule has 0 saturated carbocycles. The molecule has 2 aliphatic heterocycles. The van der Waals surface area contributed by atoms with E-state index in [0.29, 0.717) is 0 Å². The zero-order chi connectivity index (χ0) is 23.5. The van der Waals surface area contributed by atoms with Crippen molar-refractivity contribution in [1.29, 1.82) is 0 Å². The van der Waals surface area contributed by atoms with Crippen molar-refractivity contribution >= 4 is 28.8 Å². The van der Waals surface area contributed by atoms with Crippen molar-refractivity contribution in [2.24, 2.45) is 0 Å². The third-order valence-electron chi connectivity index (χ3n) is 4.46. The molecule has 2 aliphatic rings. The predicted molar refractivity (Wildman–Crippen MR) is 100 cm³/mol. The molecule has 0 saturated heterocycles. The van der Waals surface area contributed by atoms with Gasteiger partial charge in [-0.2, -0.15) is 4.98 Å². The van der Waals surface area contributed by atoms with Gasteiger partial charge in [0, 0.05) is 12.1 Å². The Balaban J connectivity index is 1.69. The van der Waals surface area contributed by atoms with Gasteiger partial charge in [0.05, 0.1) is 16.3 Å². The molecule has 5 rings (SSSR count). The second-order valence-corrected chi connectivity index (χ2v) is 6.63. The van der Waals surface area contributed by atoms with Crippen molar-refractivity contribution in [2.45, 2.75) is 12.6 Å². The molecule has 170 valence electrons. The summed E-state index contributed by atoms with van der Waals surface area (Å²) in [4.78, 5) is 19.4. The van der Waals surface area contributed by atoms with Gasteiger partial charge in [0.25, 0.3) is 0 Å². The van der Waals surface area contributed by atoms with E-state index in [2.05, 4.69) is 28.9 Å². The topological polar surface area (TPSA) is 135 Å². The first-order valence-electron chi connectivity index (χ1n) is 8.88. The molecule has 0 aliphatic carbocycles. The van der Waals surface area contributed by atoms with Gasteiger partial charge in [-0.3, -0.25) is 15.0 Å². The van der Waals surface area contributed by atoms with Crippen molar-refractivity contribution in [3.05, 3.63) is 52.7 Å². The monoisotopic (exact) mass is 467 g/mol. The lowest BCUT2D eigenvalue weighted by Crippen LogP contribution is -2.25. The lowest BCUT2D eigenvalue weighted by atomic mass is 10.2. The fourth-order valence-corrected chi connectivity index (χ4v) is 3.22.